The van der Waals surface area contributed by atoms with E-state index in [0.29, 0.717) is 0 Å². The van der Waals surface area contributed by atoms with E-state index in [-0.39, 0.29) is 0 Å². The van der Waals surface area contributed by atoms with Crippen molar-refractivity contribution >= 4 is 28.6 Å². The van der Waals surface area contributed by atoms with Gasteiger partial charge < -0.3 is 5.32 Å². The van der Waals surface area contributed by atoms with Crippen LogP contribution in [0, 0.1) is 0 Å². The highest BCUT2D eigenvalue weighted by molar-refractivity contribution is 7.99. The number of hydrogen-bond acceptors (Lipinski definition) is 4. The lowest BCUT2D eigenvalue weighted by Crippen LogP contribution is -2.20. The normalized spacial score (nSPS) is 19.9. The second kappa shape index (κ2) is 5.57. The molecule has 1 N–H and O–H groups in total. The van der Waals surface area contributed by atoms with Crippen molar-refractivity contribution in [3.63, 3.8) is 0 Å². The largest absolute Gasteiger partial charge is 0.368 e. The maximum absolute atomic E-state index is 4.58. The van der Waals surface area contributed by atoms with Gasteiger partial charge in [-0.15, -0.1) is 0 Å². The van der Waals surface area contributed by atoms with E-state index >= 15 is 0 Å². The number of nitrogens with one attached hydrogen (secondary N) is 1. The van der Waals surface area contributed by atoms with Gasteiger partial charge >= 0.3 is 0 Å². The van der Waals surface area contributed by atoms with Crippen LogP contribution in [-0.2, 0) is 0 Å². The maximum Gasteiger partial charge on any atom is 0.145 e. The monoisotopic (exact) mass is 259 g/mol. The van der Waals surface area contributed by atoms with Gasteiger partial charge in [0.2, 0.25) is 0 Å². The fraction of sp³-hybridized carbons (Fsp3) is 0.429. The third-order valence-electron chi connectivity index (χ3n) is 3.23. The molecule has 1 aliphatic heterocycles. The summed E-state index contributed by atoms with van der Waals surface area (Å²) in [7, 11) is 0. The Labute approximate surface area is 111 Å². The first kappa shape index (κ1) is 11.8. The summed E-state index contributed by atoms with van der Waals surface area (Å²) < 4.78 is 0. The summed E-state index contributed by atoms with van der Waals surface area (Å²) in [4.78, 5) is 8.99. The van der Waals surface area contributed by atoms with Gasteiger partial charge in [0.1, 0.15) is 5.82 Å². The van der Waals surface area contributed by atoms with E-state index in [1.807, 2.05) is 30.5 Å². The smallest absolute Gasteiger partial charge is 0.145 e. The van der Waals surface area contributed by atoms with Gasteiger partial charge in [-0.2, -0.15) is 11.8 Å². The molecule has 2 heterocycles. The zero-order chi connectivity index (χ0) is 12.2. The molecule has 1 aromatic heterocycles. The van der Waals surface area contributed by atoms with E-state index in [1.54, 1.807) is 0 Å². The number of hydrogen-bond donors (Lipinski definition) is 1. The van der Waals surface area contributed by atoms with Crippen LogP contribution in [-0.4, -0.2) is 27.5 Å². The lowest BCUT2D eigenvalue weighted by atomic mass is 10.2. The number of para-hydroxylation sites is 2. The molecule has 0 bridgehead atoms. The standard InChI is InChI=1S/C14H17N3S/c1-2-7-13-12(6-1)15-10-14(17-13)16-9-11-5-3-4-8-18-11/h1-2,6-7,10-11H,3-5,8-9H2,(H,16,17). The molecule has 0 amide bonds. The average molecular weight is 259 g/mol. The SMILES string of the molecule is c1ccc2nc(NCC3CCCCS3)cnc2c1. The average Bonchev–Trinajstić information content (AvgIpc) is 2.46. The van der Waals surface area contributed by atoms with Crippen molar-refractivity contribution in [1.82, 2.24) is 9.97 Å². The van der Waals surface area contributed by atoms with Crippen LogP contribution in [0.2, 0.25) is 0 Å². The highest BCUT2D eigenvalue weighted by Crippen LogP contribution is 2.25. The van der Waals surface area contributed by atoms with Gasteiger partial charge in [-0.25, -0.2) is 4.98 Å². The Kier molecular flexibility index (Phi) is 3.64. The van der Waals surface area contributed by atoms with E-state index in [1.165, 1.54) is 25.0 Å². The number of anilines is 1. The zero-order valence-corrected chi connectivity index (χ0v) is 11.1. The van der Waals surface area contributed by atoms with Crippen molar-refractivity contribution in [1.29, 1.82) is 0 Å². The Morgan fingerprint density at radius 2 is 2.11 bits per heavy atom. The summed E-state index contributed by atoms with van der Waals surface area (Å²) in [5, 5.41) is 4.14. The molecular weight excluding hydrogens is 242 g/mol. The minimum atomic E-state index is 0.729. The van der Waals surface area contributed by atoms with E-state index < -0.39 is 0 Å². The first-order chi connectivity index (χ1) is 8.92. The highest BCUT2D eigenvalue weighted by atomic mass is 32.2. The summed E-state index contributed by atoms with van der Waals surface area (Å²) in [6.07, 6.45) is 5.88. The minimum Gasteiger partial charge on any atom is -0.368 e. The predicted octanol–water partition coefficient (Wildman–Crippen LogP) is 3.33. The molecule has 1 atom stereocenters. The first-order valence-electron chi connectivity index (χ1n) is 6.49. The van der Waals surface area contributed by atoms with Crippen LogP contribution in [0.25, 0.3) is 11.0 Å². The van der Waals surface area contributed by atoms with Gasteiger partial charge in [0.25, 0.3) is 0 Å². The fourth-order valence-electron chi connectivity index (χ4n) is 2.23. The van der Waals surface area contributed by atoms with Crippen LogP contribution in [0.3, 0.4) is 0 Å². The molecule has 0 saturated carbocycles. The number of thioether (sulfide) groups is 1. The molecule has 0 radical (unpaired) electrons. The number of benzene rings is 1. The van der Waals surface area contributed by atoms with E-state index in [4.69, 9.17) is 0 Å². The predicted molar refractivity (Wildman–Crippen MR) is 78.1 cm³/mol. The Balaban J connectivity index is 1.66. The quantitative estimate of drug-likeness (QED) is 0.917. The lowest BCUT2D eigenvalue weighted by molar-refractivity contribution is 0.677. The molecule has 0 spiro atoms. The highest BCUT2D eigenvalue weighted by Gasteiger charge is 2.13. The number of aromatic nitrogens is 2. The molecule has 1 saturated heterocycles. The Morgan fingerprint density at radius 3 is 2.94 bits per heavy atom. The van der Waals surface area contributed by atoms with Gasteiger partial charge in [-0.05, 0) is 30.7 Å². The van der Waals surface area contributed by atoms with Gasteiger partial charge in [-0.3, -0.25) is 4.98 Å². The molecule has 0 aliphatic carbocycles. The van der Waals surface area contributed by atoms with Crippen molar-refractivity contribution in [3.05, 3.63) is 30.5 Å². The molecular formula is C14H17N3S. The van der Waals surface area contributed by atoms with Gasteiger partial charge in [-0.1, -0.05) is 18.6 Å². The van der Waals surface area contributed by atoms with Gasteiger partial charge in [0, 0.05) is 11.8 Å². The number of fused-ring (bicyclic) bond motifs is 1. The van der Waals surface area contributed by atoms with Gasteiger partial charge in [0.05, 0.1) is 17.2 Å². The summed E-state index contributed by atoms with van der Waals surface area (Å²) in [6, 6.07) is 7.98. The molecule has 1 fully saturated rings. The first-order valence-corrected chi connectivity index (χ1v) is 7.54. The van der Waals surface area contributed by atoms with E-state index in [0.717, 1.165) is 28.6 Å². The van der Waals surface area contributed by atoms with E-state index in [9.17, 15) is 0 Å². The molecule has 1 aromatic carbocycles. The Hall–Kier alpha value is -1.29. The van der Waals surface area contributed by atoms with Crippen molar-refractivity contribution in [2.45, 2.75) is 24.5 Å². The number of rotatable bonds is 3. The second-order valence-corrected chi connectivity index (χ2v) is 6.02. The van der Waals surface area contributed by atoms with Crippen LogP contribution in [0.15, 0.2) is 30.5 Å². The van der Waals surface area contributed by atoms with Crippen LogP contribution in [0.1, 0.15) is 19.3 Å². The Morgan fingerprint density at radius 1 is 1.22 bits per heavy atom. The molecule has 18 heavy (non-hydrogen) atoms. The Bertz CT molecular complexity index is 523. The van der Waals surface area contributed by atoms with Crippen molar-refractivity contribution in [3.8, 4) is 0 Å². The lowest BCUT2D eigenvalue weighted by Gasteiger charge is -2.21. The molecule has 94 valence electrons. The van der Waals surface area contributed by atoms with Crippen LogP contribution in [0.5, 0.6) is 0 Å². The van der Waals surface area contributed by atoms with Crippen molar-refractivity contribution in [2.24, 2.45) is 0 Å². The third kappa shape index (κ3) is 2.75. The van der Waals surface area contributed by atoms with Gasteiger partial charge in [0.15, 0.2) is 0 Å². The van der Waals surface area contributed by atoms with E-state index in [2.05, 4.69) is 27.0 Å². The second-order valence-electron chi connectivity index (χ2n) is 4.61. The zero-order valence-electron chi connectivity index (χ0n) is 10.3. The topological polar surface area (TPSA) is 37.8 Å². The summed E-state index contributed by atoms with van der Waals surface area (Å²) in [6.45, 7) is 0.998. The fourth-order valence-corrected chi connectivity index (χ4v) is 3.47. The maximum atomic E-state index is 4.58. The summed E-state index contributed by atoms with van der Waals surface area (Å²) in [5.41, 5.74) is 1.91. The third-order valence-corrected chi connectivity index (χ3v) is 4.63. The molecule has 3 rings (SSSR count). The van der Waals surface area contributed by atoms with Crippen molar-refractivity contribution < 1.29 is 0 Å². The molecule has 1 aliphatic rings. The van der Waals surface area contributed by atoms with Crippen molar-refractivity contribution in [2.75, 3.05) is 17.6 Å². The van der Waals surface area contributed by atoms with Crippen LogP contribution < -0.4 is 5.32 Å². The molecule has 4 heteroatoms. The van der Waals surface area contributed by atoms with Crippen LogP contribution >= 0.6 is 11.8 Å². The summed E-state index contributed by atoms with van der Waals surface area (Å²) in [5.74, 6) is 2.19. The van der Waals surface area contributed by atoms with Crippen LogP contribution in [0.4, 0.5) is 5.82 Å². The number of nitrogens with zero attached hydrogens (tertiary/aromatic N) is 2. The minimum absolute atomic E-state index is 0.729. The molecule has 2 aromatic rings. The molecule has 3 nitrogen and oxygen atoms in total. The summed E-state index contributed by atoms with van der Waals surface area (Å²) >= 11 is 2.08. The molecule has 1 unspecified atom stereocenters.